The predicted molar refractivity (Wildman–Crippen MR) is 105 cm³/mol. The van der Waals surface area contributed by atoms with Crippen LogP contribution in [0, 0.1) is 12.3 Å². The molecule has 0 saturated carbocycles. The zero-order valence-electron chi connectivity index (χ0n) is 15.1. The summed E-state index contributed by atoms with van der Waals surface area (Å²) in [6.45, 7) is -0.762. The first-order valence-corrected chi connectivity index (χ1v) is 10.3. The molecule has 1 heterocycles. The number of nitrogens with one attached hydrogen (secondary N) is 2. The Kier molecular flexibility index (Phi) is 7.49. The summed E-state index contributed by atoms with van der Waals surface area (Å²) in [7, 11) is -2.56. The van der Waals surface area contributed by atoms with Gasteiger partial charge >= 0.3 is 11.9 Å². The summed E-state index contributed by atoms with van der Waals surface area (Å²) in [5.41, 5.74) is 0.302. The zero-order chi connectivity index (χ0) is 21.4. The van der Waals surface area contributed by atoms with E-state index in [-0.39, 0.29) is 27.6 Å². The molecule has 0 spiro atoms. The van der Waals surface area contributed by atoms with Crippen LogP contribution in [0.25, 0.3) is 0 Å². The van der Waals surface area contributed by atoms with Crippen molar-refractivity contribution in [1.29, 1.82) is 0 Å². The molecule has 0 radical (unpaired) electrons. The first-order valence-electron chi connectivity index (χ1n) is 7.94. The van der Waals surface area contributed by atoms with Gasteiger partial charge in [0, 0.05) is 0 Å². The molecule has 0 atom stereocenters. The highest BCUT2D eigenvalue weighted by molar-refractivity contribution is 7.89. The highest BCUT2D eigenvalue weighted by atomic mass is 32.2. The number of hydrogen-bond acceptors (Lipinski definition) is 8. The van der Waals surface area contributed by atoms with Gasteiger partial charge in [0.1, 0.15) is 4.88 Å². The third kappa shape index (κ3) is 5.89. The van der Waals surface area contributed by atoms with Gasteiger partial charge in [-0.25, -0.2) is 18.0 Å². The Balaban J connectivity index is 1.94. The van der Waals surface area contributed by atoms with Crippen LogP contribution in [0.5, 0.6) is 0 Å². The molecule has 0 aliphatic rings. The first-order chi connectivity index (χ1) is 13.8. The molecule has 0 aliphatic heterocycles. The Morgan fingerprint density at radius 1 is 1.14 bits per heavy atom. The summed E-state index contributed by atoms with van der Waals surface area (Å²) in [6.07, 6.45) is 5.01. The quantitative estimate of drug-likeness (QED) is 0.471. The summed E-state index contributed by atoms with van der Waals surface area (Å²) in [5.74, 6) is 0.0803. The smallest absolute Gasteiger partial charge is 0.350 e. The molecule has 0 saturated heterocycles. The van der Waals surface area contributed by atoms with E-state index in [1.54, 1.807) is 5.38 Å². The van der Waals surface area contributed by atoms with E-state index in [1.165, 1.54) is 37.4 Å². The Morgan fingerprint density at radius 3 is 2.45 bits per heavy atom. The number of rotatable bonds is 8. The number of methoxy groups -OCH3 is 1. The average Bonchev–Trinajstić information content (AvgIpc) is 3.18. The number of carbonyl (C=O) groups is 3. The van der Waals surface area contributed by atoms with E-state index in [2.05, 4.69) is 20.7 Å². The van der Waals surface area contributed by atoms with E-state index in [9.17, 15) is 22.8 Å². The number of sulfonamides is 1. The maximum absolute atomic E-state index is 12.0. The second kappa shape index (κ2) is 9.83. The standard InChI is InChI=1S/C18H16N2O7S2/c1-3-9-19-29(24,25)13-6-4-12(5-7-13)17(22)27-11-15(21)20-14-8-10-28-16(14)18(23)26-2/h1,4-8,10,19H,9,11H2,2H3,(H,20,21). The number of amides is 1. The van der Waals surface area contributed by atoms with Crippen LogP contribution >= 0.6 is 11.3 Å². The number of hydrogen-bond donors (Lipinski definition) is 2. The van der Waals surface area contributed by atoms with Crippen molar-refractivity contribution in [2.75, 3.05) is 25.6 Å². The highest BCUT2D eigenvalue weighted by Crippen LogP contribution is 2.23. The second-order valence-electron chi connectivity index (χ2n) is 5.33. The number of carbonyl (C=O) groups excluding carboxylic acids is 3. The van der Waals surface area contributed by atoms with Crippen molar-refractivity contribution in [1.82, 2.24) is 4.72 Å². The molecule has 2 N–H and O–H groups in total. The molecule has 11 heteroatoms. The summed E-state index contributed by atoms with van der Waals surface area (Å²) in [4.78, 5) is 35.7. The molecule has 9 nitrogen and oxygen atoms in total. The summed E-state index contributed by atoms with van der Waals surface area (Å²) < 4.78 is 35.5. The molecule has 152 valence electrons. The molecule has 0 unspecified atom stereocenters. The van der Waals surface area contributed by atoms with Crippen LogP contribution in [-0.2, 0) is 24.3 Å². The van der Waals surface area contributed by atoms with E-state index in [4.69, 9.17) is 11.2 Å². The fraction of sp³-hybridized carbons (Fsp3) is 0.167. The van der Waals surface area contributed by atoms with E-state index >= 15 is 0 Å². The van der Waals surface area contributed by atoms with Gasteiger partial charge < -0.3 is 14.8 Å². The van der Waals surface area contributed by atoms with Gasteiger partial charge in [0.15, 0.2) is 6.61 Å². The van der Waals surface area contributed by atoms with Crippen LogP contribution < -0.4 is 10.0 Å². The van der Waals surface area contributed by atoms with Crippen molar-refractivity contribution >= 4 is 44.9 Å². The first kappa shape index (κ1) is 22.1. The van der Waals surface area contributed by atoms with Gasteiger partial charge in [-0.15, -0.1) is 17.8 Å². The maximum atomic E-state index is 12.0. The molecule has 0 bridgehead atoms. The minimum absolute atomic E-state index is 0.0551. The largest absolute Gasteiger partial charge is 0.465 e. The second-order valence-corrected chi connectivity index (χ2v) is 8.02. The molecule has 1 aromatic carbocycles. The van der Waals surface area contributed by atoms with E-state index < -0.39 is 34.5 Å². The van der Waals surface area contributed by atoms with Crippen molar-refractivity contribution < 1.29 is 32.3 Å². The van der Waals surface area contributed by atoms with Crippen molar-refractivity contribution in [3.63, 3.8) is 0 Å². The third-order valence-electron chi connectivity index (χ3n) is 3.41. The summed E-state index contributed by atoms with van der Waals surface area (Å²) in [5, 5.41) is 4.05. The minimum atomic E-state index is -3.78. The molecule has 0 fully saturated rings. The van der Waals surface area contributed by atoms with Crippen molar-refractivity contribution in [3.05, 3.63) is 46.2 Å². The summed E-state index contributed by atoms with van der Waals surface area (Å²) >= 11 is 1.09. The number of ether oxygens (including phenoxy) is 2. The predicted octanol–water partition coefficient (Wildman–Crippen LogP) is 1.24. The highest BCUT2D eigenvalue weighted by Gasteiger charge is 2.18. The lowest BCUT2D eigenvalue weighted by Crippen LogP contribution is -2.24. The van der Waals surface area contributed by atoms with E-state index in [0.29, 0.717) is 0 Å². The number of anilines is 1. The average molecular weight is 436 g/mol. The summed E-state index contributed by atoms with van der Waals surface area (Å²) in [6, 6.07) is 6.44. The third-order valence-corrected chi connectivity index (χ3v) is 5.72. The van der Waals surface area contributed by atoms with Gasteiger partial charge in [-0.3, -0.25) is 4.79 Å². The fourth-order valence-electron chi connectivity index (χ4n) is 2.05. The van der Waals surface area contributed by atoms with Gasteiger partial charge in [0.05, 0.1) is 29.8 Å². The van der Waals surface area contributed by atoms with Crippen LogP contribution in [0.1, 0.15) is 20.0 Å². The number of terminal acetylenes is 1. The number of esters is 2. The van der Waals surface area contributed by atoms with E-state index in [1.807, 2.05) is 0 Å². The Morgan fingerprint density at radius 2 is 1.83 bits per heavy atom. The molecular formula is C18H16N2O7S2. The molecule has 29 heavy (non-hydrogen) atoms. The number of thiophene rings is 1. The normalized spacial score (nSPS) is 10.6. The van der Waals surface area contributed by atoms with E-state index in [0.717, 1.165) is 11.3 Å². The fourth-order valence-corrected chi connectivity index (χ4v) is 3.75. The topological polar surface area (TPSA) is 128 Å². The Hall–Kier alpha value is -3.20. The monoisotopic (exact) mass is 436 g/mol. The van der Waals surface area contributed by atoms with Crippen molar-refractivity contribution in [2.45, 2.75) is 4.90 Å². The SMILES string of the molecule is C#CCNS(=O)(=O)c1ccc(C(=O)OCC(=O)Nc2ccsc2C(=O)OC)cc1. The van der Waals surface area contributed by atoms with Crippen LogP contribution in [0.15, 0.2) is 40.6 Å². The van der Waals surface area contributed by atoms with Gasteiger partial charge in [-0.2, -0.15) is 4.72 Å². The molecule has 0 aliphatic carbocycles. The molecule has 2 rings (SSSR count). The van der Waals surface area contributed by atoms with Gasteiger partial charge in [-0.1, -0.05) is 5.92 Å². The molecule has 1 amide bonds. The van der Waals surface area contributed by atoms with Crippen LogP contribution in [0.4, 0.5) is 5.69 Å². The minimum Gasteiger partial charge on any atom is -0.465 e. The van der Waals surface area contributed by atoms with Crippen LogP contribution in [0.2, 0.25) is 0 Å². The van der Waals surface area contributed by atoms with Gasteiger partial charge in [0.25, 0.3) is 5.91 Å². The molecule has 2 aromatic rings. The number of benzene rings is 1. The Bertz CT molecular complexity index is 1050. The van der Waals surface area contributed by atoms with Crippen molar-refractivity contribution in [2.24, 2.45) is 0 Å². The Labute approximate surface area is 171 Å². The zero-order valence-corrected chi connectivity index (χ0v) is 16.8. The van der Waals surface area contributed by atoms with Crippen LogP contribution in [0.3, 0.4) is 0 Å². The molecule has 1 aromatic heterocycles. The van der Waals surface area contributed by atoms with Gasteiger partial charge in [-0.05, 0) is 35.7 Å². The molecular weight excluding hydrogens is 420 g/mol. The van der Waals surface area contributed by atoms with Crippen molar-refractivity contribution in [3.8, 4) is 12.3 Å². The van der Waals surface area contributed by atoms with Crippen LogP contribution in [-0.4, -0.2) is 46.5 Å². The van der Waals surface area contributed by atoms with Gasteiger partial charge in [0.2, 0.25) is 10.0 Å². The lowest BCUT2D eigenvalue weighted by molar-refractivity contribution is -0.119. The maximum Gasteiger partial charge on any atom is 0.350 e. The lowest BCUT2D eigenvalue weighted by atomic mass is 10.2. The lowest BCUT2D eigenvalue weighted by Gasteiger charge is -2.08.